The second-order valence-electron chi connectivity index (χ2n) is 3.64. The molecule has 0 radical (unpaired) electrons. The van der Waals surface area contributed by atoms with Crippen molar-refractivity contribution < 1.29 is 0 Å². The van der Waals surface area contributed by atoms with E-state index in [9.17, 15) is 0 Å². The molecule has 0 aromatic heterocycles. The van der Waals surface area contributed by atoms with Crippen molar-refractivity contribution in [3.63, 3.8) is 0 Å². The van der Waals surface area contributed by atoms with Gasteiger partial charge >= 0.3 is 0 Å². The Hall–Kier alpha value is -2.24. The predicted molar refractivity (Wildman–Crippen MR) is 84.3 cm³/mol. The quantitative estimate of drug-likeness (QED) is 0.236. The van der Waals surface area contributed by atoms with Crippen LogP contribution in [0.3, 0.4) is 0 Å². The van der Waals surface area contributed by atoms with Crippen molar-refractivity contribution in [2.75, 3.05) is 0 Å². The lowest BCUT2D eigenvalue weighted by Crippen LogP contribution is -1.81. The number of hydrogen-bond acceptors (Lipinski definition) is 4. The third-order valence-corrected chi connectivity index (χ3v) is 3.70. The minimum absolute atomic E-state index is 0.284. The molecule has 2 aromatic carbocycles. The summed E-state index contributed by atoms with van der Waals surface area (Å²) in [6.07, 6.45) is 0. The smallest absolute Gasteiger partial charge is 0.0621 e. The zero-order chi connectivity index (χ0) is 14.4. The second kappa shape index (κ2) is 6.79. The summed E-state index contributed by atoms with van der Waals surface area (Å²) in [6, 6.07) is 13.0. The van der Waals surface area contributed by atoms with Crippen LogP contribution >= 0.6 is 22.5 Å². The number of thiol groups is 1. The van der Waals surface area contributed by atoms with Gasteiger partial charge in [0.05, 0.1) is 11.4 Å². The minimum Gasteiger partial charge on any atom is -0.106 e. The molecule has 0 saturated carbocycles. The molecule has 20 heavy (non-hydrogen) atoms. The first-order valence-corrected chi connectivity index (χ1v) is 7.32. The average Bonchev–Trinajstić information content (AvgIpc) is 2.50. The van der Waals surface area contributed by atoms with E-state index in [1.807, 2.05) is 36.4 Å². The molecule has 2 aromatic rings. The normalized spacial score (nSPS) is 9.45. The Kier molecular flexibility index (Phi) is 4.81. The van der Waals surface area contributed by atoms with Gasteiger partial charge in [-0.25, -0.2) is 0 Å². The van der Waals surface area contributed by atoms with Gasteiger partial charge in [-0.05, 0) is 28.3 Å². The topological polar surface area (TPSA) is 97.5 Å². The molecular weight excluding hydrogens is 292 g/mol. The molecule has 0 amide bonds. The fourth-order valence-electron chi connectivity index (χ4n) is 1.77. The third-order valence-electron chi connectivity index (χ3n) is 2.59. The summed E-state index contributed by atoms with van der Waals surface area (Å²) in [5, 5.41) is 7.31. The Morgan fingerprint density at radius 2 is 1.55 bits per heavy atom. The lowest BCUT2D eigenvalue weighted by atomic mass is 10.0. The van der Waals surface area contributed by atoms with Gasteiger partial charge in [-0.2, -0.15) is 0 Å². The fraction of sp³-hybridized carbons (Fsp3) is 0. The molecule has 0 aliphatic rings. The van der Waals surface area contributed by atoms with Crippen LogP contribution in [-0.4, -0.2) is 0 Å². The van der Waals surface area contributed by atoms with E-state index in [1.165, 1.54) is 0 Å². The molecule has 0 unspecified atom stereocenters. The molecule has 6 nitrogen and oxygen atoms in total. The highest BCUT2D eigenvalue weighted by Crippen LogP contribution is 2.45. The molecule has 0 bridgehead atoms. The first-order chi connectivity index (χ1) is 9.81. The van der Waals surface area contributed by atoms with Crippen LogP contribution < -0.4 is 0 Å². The maximum atomic E-state index is 8.74. The second-order valence-corrected chi connectivity index (χ2v) is 4.81. The monoisotopic (exact) mass is 300 g/mol. The van der Waals surface area contributed by atoms with Crippen molar-refractivity contribution in [1.82, 2.24) is 0 Å². The largest absolute Gasteiger partial charge is 0.106 e. The van der Waals surface area contributed by atoms with Crippen molar-refractivity contribution in [3.05, 3.63) is 63.4 Å². The van der Waals surface area contributed by atoms with Crippen LogP contribution in [0.25, 0.3) is 32.0 Å². The van der Waals surface area contributed by atoms with Gasteiger partial charge in [0.2, 0.25) is 0 Å². The summed E-state index contributed by atoms with van der Waals surface area (Å²) < 4.78 is 0. The third kappa shape index (κ3) is 2.84. The molecule has 0 N–H and O–H groups in total. The van der Waals surface area contributed by atoms with Gasteiger partial charge in [-0.3, -0.25) is 0 Å². The highest BCUT2D eigenvalue weighted by Gasteiger charge is 2.12. The molecule has 0 spiro atoms. The lowest BCUT2D eigenvalue weighted by molar-refractivity contribution is 1.32. The Bertz CT molecular complexity index is 718. The van der Waals surface area contributed by atoms with Crippen LogP contribution in [0.2, 0.25) is 0 Å². The maximum absolute atomic E-state index is 8.74. The van der Waals surface area contributed by atoms with E-state index in [1.54, 1.807) is 6.07 Å². The number of benzene rings is 2. The summed E-state index contributed by atoms with van der Waals surface area (Å²) in [6.45, 7) is 0. The maximum Gasteiger partial charge on any atom is 0.0621 e. The van der Waals surface area contributed by atoms with E-state index in [0.717, 1.165) is 16.4 Å². The summed E-state index contributed by atoms with van der Waals surface area (Å²) >= 11 is 4.11. The van der Waals surface area contributed by atoms with Crippen molar-refractivity contribution in [2.24, 2.45) is 10.2 Å². The molecule has 0 heterocycles. The summed E-state index contributed by atoms with van der Waals surface area (Å²) in [4.78, 5) is 6.24. The van der Waals surface area contributed by atoms with Crippen LogP contribution in [0.5, 0.6) is 0 Å². The van der Waals surface area contributed by atoms with Gasteiger partial charge in [0.15, 0.2) is 0 Å². The Balaban J connectivity index is 2.79. The Morgan fingerprint density at radius 3 is 2.15 bits per heavy atom. The zero-order valence-corrected chi connectivity index (χ0v) is 11.8. The van der Waals surface area contributed by atoms with E-state index in [0.29, 0.717) is 16.1 Å². The minimum atomic E-state index is 0.284. The number of nitrogens with zero attached hydrogens (tertiary/aromatic N) is 6. The van der Waals surface area contributed by atoms with Crippen LogP contribution in [-0.2, 0) is 0 Å². The molecular formula is C12H8N6S2. The van der Waals surface area contributed by atoms with Gasteiger partial charge in [0.1, 0.15) is 0 Å². The standard InChI is InChI=1S/C12H8N6S2/c13-17-15-11-9(8-4-2-1-3-5-8)6-7-10(20-19)12(11)16-18-14/h1-7,19H. The van der Waals surface area contributed by atoms with E-state index in [-0.39, 0.29) is 5.69 Å². The molecule has 0 fully saturated rings. The lowest BCUT2D eigenvalue weighted by Gasteiger charge is -2.11. The van der Waals surface area contributed by atoms with Crippen molar-refractivity contribution in [2.45, 2.75) is 4.90 Å². The first-order valence-electron chi connectivity index (χ1n) is 5.46. The molecule has 8 heteroatoms. The average molecular weight is 300 g/mol. The SMILES string of the molecule is [N-]=[N+]=Nc1c(SS)ccc(-c2ccccc2)c1N=[N+]=[N-]. The highest BCUT2D eigenvalue weighted by molar-refractivity contribution is 8.68. The predicted octanol–water partition coefficient (Wildman–Crippen LogP) is 6.17. The molecule has 0 aliphatic carbocycles. The van der Waals surface area contributed by atoms with E-state index >= 15 is 0 Å². The van der Waals surface area contributed by atoms with Crippen LogP contribution in [0, 0.1) is 0 Å². The van der Waals surface area contributed by atoms with Crippen molar-refractivity contribution in [1.29, 1.82) is 0 Å². The van der Waals surface area contributed by atoms with Gasteiger partial charge < -0.3 is 0 Å². The summed E-state index contributed by atoms with van der Waals surface area (Å²) in [5.41, 5.74) is 19.6. The fourth-order valence-corrected chi connectivity index (χ4v) is 2.57. The summed E-state index contributed by atoms with van der Waals surface area (Å²) in [5.74, 6) is 0. The van der Waals surface area contributed by atoms with E-state index < -0.39 is 0 Å². The Labute approximate surface area is 123 Å². The first kappa shape index (κ1) is 14.2. The van der Waals surface area contributed by atoms with Gasteiger partial charge in [-0.1, -0.05) is 57.4 Å². The van der Waals surface area contributed by atoms with E-state index in [4.69, 9.17) is 11.1 Å². The van der Waals surface area contributed by atoms with Gasteiger partial charge in [0.25, 0.3) is 0 Å². The molecule has 98 valence electrons. The van der Waals surface area contributed by atoms with Gasteiger partial charge in [0, 0.05) is 14.7 Å². The number of rotatable bonds is 4. The van der Waals surface area contributed by atoms with Gasteiger partial charge in [-0.15, -0.1) is 11.7 Å². The summed E-state index contributed by atoms with van der Waals surface area (Å²) in [7, 11) is 1.13. The molecule has 0 saturated heterocycles. The van der Waals surface area contributed by atoms with Crippen LogP contribution in [0.4, 0.5) is 11.4 Å². The number of hydrogen-bond donors (Lipinski definition) is 1. The van der Waals surface area contributed by atoms with Crippen molar-refractivity contribution >= 4 is 33.8 Å². The number of azide groups is 2. The Morgan fingerprint density at radius 1 is 0.900 bits per heavy atom. The molecule has 0 atom stereocenters. The molecule has 2 rings (SSSR count). The van der Waals surface area contributed by atoms with Crippen LogP contribution in [0.15, 0.2) is 57.6 Å². The van der Waals surface area contributed by atoms with Crippen molar-refractivity contribution in [3.8, 4) is 11.1 Å². The van der Waals surface area contributed by atoms with Crippen LogP contribution in [0.1, 0.15) is 0 Å². The molecule has 0 aliphatic heterocycles. The zero-order valence-electron chi connectivity index (χ0n) is 10.1. The van der Waals surface area contributed by atoms with E-state index in [2.05, 4.69) is 31.7 Å². The highest BCUT2D eigenvalue weighted by atomic mass is 33.1.